The number of amides is 1. The maximum Gasteiger partial charge on any atom is 0.263 e. The molecule has 1 aromatic heterocycles. The van der Waals surface area contributed by atoms with E-state index in [0.29, 0.717) is 23.4 Å². The van der Waals surface area contributed by atoms with Crippen molar-refractivity contribution in [3.05, 3.63) is 51.2 Å². The summed E-state index contributed by atoms with van der Waals surface area (Å²) in [6.07, 6.45) is 1.09. The molecule has 0 spiro atoms. The number of rotatable bonds is 6. The maximum atomic E-state index is 12.9. The molecule has 2 rings (SSSR count). The second-order valence-corrected chi connectivity index (χ2v) is 6.30. The third-order valence-electron chi connectivity index (χ3n) is 3.26. The average Bonchev–Trinajstić information content (AvgIpc) is 2.82. The van der Waals surface area contributed by atoms with E-state index in [4.69, 9.17) is 5.11 Å². The minimum atomic E-state index is -0.267. The number of nitrogens with zero attached hydrogens (tertiary/aromatic N) is 1. The van der Waals surface area contributed by atoms with E-state index >= 15 is 0 Å². The van der Waals surface area contributed by atoms with Gasteiger partial charge in [-0.05, 0) is 38.0 Å². The van der Waals surface area contributed by atoms with Gasteiger partial charge in [-0.25, -0.2) is 9.37 Å². The van der Waals surface area contributed by atoms with E-state index in [9.17, 15) is 9.18 Å². The van der Waals surface area contributed by atoms with Gasteiger partial charge in [0.15, 0.2) is 0 Å². The first-order chi connectivity index (χ1) is 10.5. The standard InChI is InChI=1S/C16H19FN2O2S/c1-10(7-8-20)18-16(21)15-11(2)19-14(22-15)9-12-3-5-13(17)6-4-12/h3-6,10,20H,7-9H2,1-2H3,(H,18,21). The SMILES string of the molecule is Cc1nc(Cc2ccc(F)cc2)sc1C(=O)NC(C)CCO. The van der Waals surface area contributed by atoms with Crippen LogP contribution in [0.5, 0.6) is 0 Å². The van der Waals surface area contributed by atoms with Crippen LogP contribution >= 0.6 is 11.3 Å². The number of benzene rings is 1. The van der Waals surface area contributed by atoms with E-state index in [2.05, 4.69) is 10.3 Å². The zero-order chi connectivity index (χ0) is 16.1. The monoisotopic (exact) mass is 322 g/mol. The summed E-state index contributed by atoms with van der Waals surface area (Å²) in [6.45, 7) is 3.69. The fraction of sp³-hybridized carbons (Fsp3) is 0.375. The van der Waals surface area contributed by atoms with Crippen molar-refractivity contribution in [2.45, 2.75) is 32.7 Å². The summed E-state index contributed by atoms with van der Waals surface area (Å²) >= 11 is 1.35. The Morgan fingerprint density at radius 2 is 2.09 bits per heavy atom. The number of aliphatic hydroxyl groups excluding tert-OH is 1. The number of hydrogen-bond donors (Lipinski definition) is 2. The van der Waals surface area contributed by atoms with Crippen LogP contribution < -0.4 is 5.32 Å². The second-order valence-electron chi connectivity index (χ2n) is 5.21. The van der Waals surface area contributed by atoms with Crippen LogP contribution in [-0.2, 0) is 6.42 Å². The van der Waals surface area contributed by atoms with Crippen molar-refractivity contribution in [1.82, 2.24) is 10.3 Å². The molecule has 2 aromatic rings. The topological polar surface area (TPSA) is 62.2 Å². The minimum absolute atomic E-state index is 0.0406. The molecule has 22 heavy (non-hydrogen) atoms. The van der Waals surface area contributed by atoms with E-state index in [1.165, 1.54) is 23.5 Å². The highest BCUT2D eigenvalue weighted by molar-refractivity contribution is 7.13. The summed E-state index contributed by atoms with van der Waals surface area (Å²) in [7, 11) is 0. The first kappa shape index (κ1) is 16.6. The number of carbonyl (C=O) groups is 1. The van der Waals surface area contributed by atoms with Gasteiger partial charge < -0.3 is 10.4 Å². The normalized spacial score (nSPS) is 12.2. The van der Waals surface area contributed by atoms with Crippen molar-refractivity contribution < 1.29 is 14.3 Å². The van der Waals surface area contributed by atoms with Crippen LogP contribution in [0.1, 0.15) is 39.3 Å². The van der Waals surface area contributed by atoms with Crippen LogP contribution in [0.3, 0.4) is 0 Å². The third-order valence-corrected chi connectivity index (χ3v) is 4.41. The molecule has 118 valence electrons. The number of halogens is 1. The Kier molecular flexibility index (Phi) is 5.63. The Bertz CT molecular complexity index is 640. The summed E-state index contributed by atoms with van der Waals surface area (Å²) in [5, 5.41) is 12.5. The second kappa shape index (κ2) is 7.47. The maximum absolute atomic E-state index is 12.9. The van der Waals surface area contributed by atoms with E-state index in [0.717, 1.165) is 10.6 Å². The number of aryl methyl sites for hydroxylation is 1. The predicted octanol–water partition coefficient (Wildman–Crippen LogP) is 2.68. The molecule has 1 aromatic carbocycles. The van der Waals surface area contributed by atoms with Gasteiger partial charge >= 0.3 is 0 Å². The van der Waals surface area contributed by atoms with Crippen molar-refractivity contribution in [2.75, 3.05) is 6.61 Å². The number of hydrogen-bond acceptors (Lipinski definition) is 4. The van der Waals surface area contributed by atoms with Crippen LogP contribution in [0, 0.1) is 12.7 Å². The van der Waals surface area contributed by atoms with Crippen LogP contribution in [0.2, 0.25) is 0 Å². The number of aliphatic hydroxyl groups is 1. The van der Waals surface area contributed by atoms with Gasteiger partial charge in [0.1, 0.15) is 10.7 Å². The fourth-order valence-electron chi connectivity index (χ4n) is 2.07. The zero-order valence-electron chi connectivity index (χ0n) is 12.6. The van der Waals surface area contributed by atoms with Crippen molar-refractivity contribution in [1.29, 1.82) is 0 Å². The molecule has 1 amide bonds. The molecular weight excluding hydrogens is 303 g/mol. The molecule has 1 unspecified atom stereocenters. The molecule has 1 heterocycles. The highest BCUT2D eigenvalue weighted by atomic mass is 32.1. The van der Waals surface area contributed by atoms with Crippen LogP contribution in [0.25, 0.3) is 0 Å². The lowest BCUT2D eigenvalue weighted by atomic mass is 10.1. The highest BCUT2D eigenvalue weighted by Crippen LogP contribution is 2.21. The molecular formula is C16H19FN2O2S. The Balaban J connectivity index is 2.07. The molecule has 1 atom stereocenters. The van der Waals surface area contributed by atoms with E-state index in [-0.39, 0.29) is 24.4 Å². The van der Waals surface area contributed by atoms with E-state index < -0.39 is 0 Å². The zero-order valence-corrected chi connectivity index (χ0v) is 13.4. The Morgan fingerprint density at radius 1 is 1.41 bits per heavy atom. The summed E-state index contributed by atoms with van der Waals surface area (Å²) in [5.74, 6) is -0.432. The average molecular weight is 322 g/mol. The van der Waals surface area contributed by atoms with Gasteiger partial charge in [0, 0.05) is 19.1 Å². The number of carbonyl (C=O) groups excluding carboxylic acids is 1. The lowest BCUT2D eigenvalue weighted by Crippen LogP contribution is -2.33. The molecule has 0 saturated heterocycles. The van der Waals surface area contributed by atoms with Gasteiger partial charge in [-0.1, -0.05) is 12.1 Å². The Morgan fingerprint density at radius 3 is 2.73 bits per heavy atom. The van der Waals surface area contributed by atoms with Gasteiger partial charge in [-0.15, -0.1) is 11.3 Å². The fourth-order valence-corrected chi connectivity index (χ4v) is 3.07. The van der Waals surface area contributed by atoms with Gasteiger partial charge in [-0.2, -0.15) is 0 Å². The van der Waals surface area contributed by atoms with Gasteiger partial charge in [0.25, 0.3) is 5.91 Å². The number of thiazole rings is 1. The largest absolute Gasteiger partial charge is 0.396 e. The van der Waals surface area contributed by atoms with Gasteiger partial charge in [-0.3, -0.25) is 4.79 Å². The first-order valence-corrected chi connectivity index (χ1v) is 7.93. The van der Waals surface area contributed by atoms with Crippen LogP contribution in [0.4, 0.5) is 4.39 Å². The summed E-state index contributed by atoms with van der Waals surface area (Å²) in [5.41, 5.74) is 1.64. The quantitative estimate of drug-likeness (QED) is 0.859. The van der Waals surface area contributed by atoms with Crippen molar-refractivity contribution in [3.63, 3.8) is 0 Å². The van der Waals surface area contributed by atoms with Crippen molar-refractivity contribution >= 4 is 17.2 Å². The smallest absolute Gasteiger partial charge is 0.263 e. The lowest BCUT2D eigenvalue weighted by Gasteiger charge is -2.11. The Hall–Kier alpha value is -1.79. The predicted molar refractivity (Wildman–Crippen MR) is 84.7 cm³/mol. The van der Waals surface area contributed by atoms with E-state index in [1.807, 2.05) is 6.92 Å². The molecule has 0 aliphatic rings. The van der Waals surface area contributed by atoms with Crippen LogP contribution in [-0.4, -0.2) is 28.6 Å². The van der Waals surface area contributed by atoms with Gasteiger partial charge in [0.05, 0.1) is 10.7 Å². The molecule has 0 aliphatic carbocycles. The molecule has 0 fully saturated rings. The van der Waals surface area contributed by atoms with Crippen molar-refractivity contribution in [2.24, 2.45) is 0 Å². The third kappa shape index (κ3) is 4.35. The summed E-state index contributed by atoms with van der Waals surface area (Å²) < 4.78 is 12.9. The molecule has 0 saturated carbocycles. The van der Waals surface area contributed by atoms with Crippen molar-refractivity contribution in [3.8, 4) is 0 Å². The number of nitrogens with one attached hydrogen (secondary N) is 1. The summed E-state index contributed by atoms with van der Waals surface area (Å²) in [6, 6.07) is 6.18. The minimum Gasteiger partial charge on any atom is -0.396 e. The first-order valence-electron chi connectivity index (χ1n) is 7.12. The Labute approximate surface area is 133 Å². The molecule has 2 N–H and O–H groups in total. The summed E-state index contributed by atoms with van der Waals surface area (Å²) in [4.78, 5) is 17.2. The molecule has 0 aliphatic heterocycles. The molecule has 0 radical (unpaired) electrons. The van der Waals surface area contributed by atoms with E-state index in [1.54, 1.807) is 19.1 Å². The van der Waals surface area contributed by atoms with Gasteiger partial charge in [0.2, 0.25) is 0 Å². The number of aromatic nitrogens is 1. The molecule has 0 bridgehead atoms. The molecule has 4 nitrogen and oxygen atoms in total. The highest BCUT2D eigenvalue weighted by Gasteiger charge is 2.17. The molecule has 6 heteroatoms. The lowest BCUT2D eigenvalue weighted by molar-refractivity contribution is 0.0937. The van der Waals surface area contributed by atoms with Crippen LogP contribution in [0.15, 0.2) is 24.3 Å².